The van der Waals surface area contributed by atoms with Gasteiger partial charge in [-0.15, -0.1) is 5.10 Å². The fraction of sp³-hybridized carbons (Fsp3) is 0.0556. The van der Waals surface area contributed by atoms with Gasteiger partial charge in [-0.2, -0.15) is 4.52 Å². The van der Waals surface area contributed by atoms with Gasteiger partial charge in [0.05, 0.1) is 4.53 Å². The zero-order valence-corrected chi connectivity index (χ0v) is 13.0. The fourth-order valence-electron chi connectivity index (χ4n) is 2.43. The van der Waals surface area contributed by atoms with Crippen molar-refractivity contribution in [1.82, 2.24) is 14.6 Å². The monoisotopic (exact) mass is 319 g/mol. The van der Waals surface area contributed by atoms with Gasteiger partial charge < -0.3 is 0 Å². The van der Waals surface area contributed by atoms with Crippen molar-refractivity contribution in [2.75, 3.05) is 0 Å². The van der Waals surface area contributed by atoms with E-state index in [2.05, 4.69) is 10.1 Å². The smallest absolute Gasteiger partial charge is 0.266 e. The van der Waals surface area contributed by atoms with E-state index < -0.39 is 0 Å². The first-order valence-electron chi connectivity index (χ1n) is 7.29. The van der Waals surface area contributed by atoms with Gasteiger partial charge in [0.2, 0.25) is 4.96 Å². The molecule has 5 heteroatoms. The maximum Gasteiger partial charge on any atom is 0.291 e. The maximum absolute atomic E-state index is 12.4. The molecule has 0 aliphatic heterocycles. The summed E-state index contributed by atoms with van der Waals surface area (Å²) in [7, 11) is 0. The van der Waals surface area contributed by atoms with Crippen LogP contribution in [0, 0.1) is 0 Å². The van der Waals surface area contributed by atoms with E-state index in [1.165, 1.54) is 15.9 Å². The lowest BCUT2D eigenvalue weighted by atomic mass is 10.1. The molecule has 0 N–H and O–H groups in total. The van der Waals surface area contributed by atoms with Crippen LogP contribution in [0.2, 0.25) is 0 Å². The summed E-state index contributed by atoms with van der Waals surface area (Å²) in [6.07, 6.45) is 2.51. The predicted molar refractivity (Wildman–Crippen MR) is 91.6 cm³/mol. The van der Waals surface area contributed by atoms with Crippen molar-refractivity contribution in [3.8, 4) is 0 Å². The van der Waals surface area contributed by atoms with E-state index in [-0.39, 0.29) is 5.56 Å². The first kappa shape index (κ1) is 13.8. The number of thiazole rings is 1. The average Bonchev–Trinajstić information content (AvgIpc) is 3.09. The number of rotatable bonds is 3. The van der Waals surface area contributed by atoms with E-state index in [0.717, 1.165) is 11.1 Å². The van der Waals surface area contributed by atoms with Crippen LogP contribution in [-0.2, 0) is 6.42 Å². The van der Waals surface area contributed by atoms with Crippen molar-refractivity contribution >= 4 is 22.4 Å². The second-order valence-electron chi connectivity index (χ2n) is 5.21. The van der Waals surface area contributed by atoms with Crippen molar-refractivity contribution < 1.29 is 0 Å². The number of hydrogen-bond acceptors (Lipinski definition) is 4. The normalized spacial score (nSPS) is 12.1. The first-order valence-corrected chi connectivity index (χ1v) is 8.10. The van der Waals surface area contributed by atoms with E-state index in [1.807, 2.05) is 66.7 Å². The van der Waals surface area contributed by atoms with Gasteiger partial charge in [-0.05, 0) is 17.2 Å². The van der Waals surface area contributed by atoms with Crippen molar-refractivity contribution in [1.29, 1.82) is 0 Å². The van der Waals surface area contributed by atoms with Gasteiger partial charge in [-0.3, -0.25) is 4.79 Å². The molecule has 23 heavy (non-hydrogen) atoms. The van der Waals surface area contributed by atoms with Crippen LogP contribution in [0.1, 0.15) is 17.0 Å². The predicted octanol–water partition coefficient (Wildman–Crippen LogP) is 2.29. The molecular formula is C18H13N3OS. The number of fused-ring (bicyclic) bond motifs is 1. The van der Waals surface area contributed by atoms with Gasteiger partial charge in [0.25, 0.3) is 5.56 Å². The lowest BCUT2D eigenvalue weighted by Gasteiger charge is -1.94. The largest absolute Gasteiger partial charge is 0.291 e. The SMILES string of the molecule is O=c1/c(=C\c2ccccc2)sc2nc(Cc3ccccc3)nn12. The number of nitrogens with zero attached hydrogens (tertiary/aromatic N) is 3. The van der Waals surface area contributed by atoms with Crippen LogP contribution >= 0.6 is 11.3 Å². The minimum Gasteiger partial charge on any atom is -0.266 e. The second-order valence-corrected chi connectivity index (χ2v) is 6.22. The molecule has 0 spiro atoms. The number of hydrogen-bond donors (Lipinski definition) is 0. The lowest BCUT2D eigenvalue weighted by molar-refractivity contribution is 0.879. The Morgan fingerprint density at radius 1 is 1.00 bits per heavy atom. The Morgan fingerprint density at radius 2 is 1.70 bits per heavy atom. The van der Waals surface area contributed by atoms with Crippen LogP contribution in [0.3, 0.4) is 0 Å². The molecule has 112 valence electrons. The molecule has 0 saturated carbocycles. The highest BCUT2D eigenvalue weighted by molar-refractivity contribution is 7.15. The standard InChI is InChI=1S/C18H13N3OS/c22-17-15(11-13-7-3-1-4-8-13)23-18-19-16(20-21(17)18)12-14-9-5-2-6-10-14/h1-11H,12H2/b15-11+. The van der Waals surface area contributed by atoms with Gasteiger partial charge in [0.15, 0.2) is 5.82 Å². The molecule has 0 aliphatic carbocycles. The third kappa shape index (κ3) is 2.78. The van der Waals surface area contributed by atoms with Gasteiger partial charge in [0, 0.05) is 6.42 Å². The molecule has 4 aromatic rings. The van der Waals surface area contributed by atoms with Crippen molar-refractivity contribution in [2.24, 2.45) is 0 Å². The summed E-state index contributed by atoms with van der Waals surface area (Å²) in [5, 5.41) is 4.35. The lowest BCUT2D eigenvalue weighted by Crippen LogP contribution is -2.23. The summed E-state index contributed by atoms with van der Waals surface area (Å²) in [4.78, 5) is 17.6. The van der Waals surface area contributed by atoms with E-state index >= 15 is 0 Å². The van der Waals surface area contributed by atoms with E-state index in [9.17, 15) is 4.79 Å². The molecule has 0 bridgehead atoms. The quantitative estimate of drug-likeness (QED) is 0.582. The molecule has 0 unspecified atom stereocenters. The van der Waals surface area contributed by atoms with Crippen molar-refractivity contribution in [3.63, 3.8) is 0 Å². The van der Waals surface area contributed by atoms with Gasteiger partial charge in [-0.25, -0.2) is 4.98 Å². The van der Waals surface area contributed by atoms with Crippen molar-refractivity contribution in [2.45, 2.75) is 6.42 Å². The number of aromatic nitrogens is 3. The first-order chi connectivity index (χ1) is 11.3. The summed E-state index contributed by atoms with van der Waals surface area (Å²) in [6.45, 7) is 0. The molecule has 2 heterocycles. The van der Waals surface area contributed by atoms with Crippen LogP contribution in [0.15, 0.2) is 65.5 Å². The van der Waals surface area contributed by atoms with E-state index in [1.54, 1.807) is 0 Å². The highest BCUT2D eigenvalue weighted by Gasteiger charge is 2.10. The molecule has 4 rings (SSSR count). The summed E-state index contributed by atoms with van der Waals surface area (Å²) >= 11 is 1.37. The Hall–Kier alpha value is -2.79. The molecule has 2 aromatic carbocycles. The van der Waals surface area contributed by atoms with E-state index in [0.29, 0.717) is 21.7 Å². The minimum absolute atomic E-state index is 0.110. The zero-order valence-electron chi connectivity index (χ0n) is 12.2. The minimum atomic E-state index is -0.110. The van der Waals surface area contributed by atoms with Crippen molar-refractivity contribution in [3.05, 3.63) is 92.5 Å². The van der Waals surface area contributed by atoms with Crippen LogP contribution in [0.5, 0.6) is 0 Å². The highest BCUT2D eigenvalue weighted by Crippen LogP contribution is 2.08. The molecule has 0 amide bonds. The topological polar surface area (TPSA) is 47.3 Å². The van der Waals surface area contributed by atoms with Crippen LogP contribution in [0.4, 0.5) is 0 Å². The Morgan fingerprint density at radius 3 is 2.39 bits per heavy atom. The second kappa shape index (κ2) is 5.78. The maximum atomic E-state index is 12.4. The molecule has 0 saturated heterocycles. The Labute approximate surface area is 136 Å². The Balaban J connectivity index is 1.72. The van der Waals surface area contributed by atoms with Crippen LogP contribution in [-0.4, -0.2) is 14.6 Å². The molecule has 2 aromatic heterocycles. The third-order valence-corrected chi connectivity index (χ3v) is 4.49. The fourth-order valence-corrected chi connectivity index (χ4v) is 3.35. The Kier molecular flexibility index (Phi) is 3.48. The van der Waals surface area contributed by atoms with Crippen LogP contribution in [0.25, 0.3) is 11.0 Å². The molecule has 0 fully saturated rings. The molecule has 0 radical (unpaired) electrons. The third-order valence-electron chi connectivity index (χ3n) is 3.53. The molecular weight excluding hydrogens is 306 g/mol. The summed E-state index contributed by atoms with van der Waals surface area (Å²) in [5.74, 6) is 0.672. The Bertz CT molecular complexity index is 1050. The molecule has 0 aliphatic rings. The average molecular weight is 319 g/mol. The summed E-state index contributed by atoms with van der Waals surface area (Å²) in [5.41, 5.74) is 2.02. The molecule has 0 atom stereocenters. The number of benzene rings is 2. The van der Waals surface area contributed by atoms with Crippen LogP contribution < -0.4 is 10.1 Å². The zero-order chi connectivity index (χ0) is 15.6. The highest BCUT2D eigenvalue weighted by atomic mass is 32.1. The summed E-state index contributed by atoms with van der Waals surface area (Å²) in [6, 6.07) is 19.8. The summed E-state index contributed by atoms with van der Waals surface area (Å²) < 4.78 is 2.05. The van der Waals surface area contributed by atoms with Gasteiger partial charge in [0.1, 0.15) is 0 Å². The van der Waals surface area contributed by atoms with Gasteiger partial charge in [-0.1, -0.05) is 72.0 Å². The van der Waals surface area contributed by atoms with E-state index in [4.69, 9.17) is 0 Å². The molecule has 4 nitrogen and oxygen atoms in total. The van der Waals surface area contributed by atoms with Gasteiger partial charge >= 0.3 is 0 Å².